The lowest BCUT2D eigenvalue weighted by Crippen LogP contribution is -2.40. The number of hydrogen-bond acceptors (Lipinski definition) is 4. The quantitative estimate of drug-likeness (QED) is 0.928. The molecule has 18 heavy (non-hydrogen) atoms. The predicted octanol–water partition coefficient (Wildman–Crippen LogP) is 2.55. The molecule has 1 N–H and O–H groups in total. The van der Waals surface area contributed by atoms with Crippen LogP contribution in [0.5, 0.6) is 0 Å². The van der Waals surface area contributed by atoms with Crippen molar-refractivity contribution in [2.75, 3.05) is 7.11 Å². The van der Waals surface area contributed by atoms with Crippen molar-refractivity contribution in [2.24, 2.45) is 5.16 Å². The summed E-state index contributed by atoms with van der Waals surface area (Å²) in [5.74, 6) is -3.01. The number of hydrogen-bond donors (Lipinski definition) is 1. The van der Waals surface area contributed by atoms with Crippen molar-refractivity contribution < 1.29 is 19.5 Å². The molecular weight excluding hydrogens is 281 g/mol. The van der Waals surface area contributed by atoms with Gasteiger partial charge in [0.25, 0.3) is 0 Å². The van der Waals surface area contributed by atoms with Crippen LogP contribution in [0.15, 0.2) is 23.4 Å². The third-order valence-electron chi connectivity index (χ3n) is 2.55. The molecule has 0 saturated carbocycles. The van der Waals surface area contributed by atoms with Gasteiger partial charge in [0.05, 0.1) is 12.1 Å². The second kappa shape index (κ2) is 4.76. The summed E-state index contributed by atoms with van der Waals surface area (Å²) in [5, 5.41) is 13.7. The van der Waals surface area contributed by atoms with Crippen LogP contribution in [0, 0.1) is 0 Å². The maximum Gasteiger partial charge on any atom is 0.380 e. The molecule has 1 atom stereocenters. The highest BCUT2D eigenvalue weighted by molar-refractivity contribution is 6.35. The molecule has 1 aliphatic heterocycles. The Morgan fingerprint density at radius 3 is 2.50 bits per heavy atom. The molecule has 0 aliphatic carbocycles. The van der Waals surface area contributed by atoms with Crippen LogP contribution in [-0.2, 0) is 14.4 Å². The number of nitrogens with zero attached hydrogens (tertiary/aromatic N) is 1. The Hall–Kier alpha value is -1.30. The summed E-state index contributed by atoms with van der Waals surface area (Å²) in [6.45, 7) is 0. The maximum absolute atomic E-state index is 11.1. The van der Waals surface area contributed by atoms with E-state index in [0.717, 1.165) is 0 Å². The number of carboxylic acid groups (broad SMARTS) is 1. The molecule has 1 aromatic rings. The average Bonchev–Trinajstić information content (AvgIpc) is 2.73. The van der Waals surface area contributed by atoms with Gasteiger partial charge >= 0.3 is 11.8 Å². The zero-order valence-corrected chi connectivity index (χ0v) is 10.8. The van der Waals surface area contributed by atoms with Gasteiger partial charge in [-0.2, -0.15) is 0 Å². The van der Waals surface area contributed by atoms with Gasteiger partial charge < -0.3 is 14.7 Å². The molecule has 0 spiro atoms. The fourth-order valence-corrected chi connectivity index (χ4v) is 2.13. The lowest BCUT2D eigenvalue weighted by molar-refractivity contribution is -0.224. The van der Waals surface area contributed by atoms with Crippen molar-refractivity contribution in [3.8, 4) is 0 Å². The minimum atomic E-state index is -1.77. The molecule has 5 nitrogen and oxygen atoms in total. The summed E-state index contributed by atoms with van der Waals surface area (Å²) < 4.78 is 4.87. The lowest BCUT2D eigenvalue weighted by atomic mass is 10.0. The number of rotatable bonds is 3. The Labute approximate surface area is 113 Å². The van der Waals surface area contributed by atoms with Crippen LogP contribution in [-0.4, -0.2) is 29.7 Å². The first-order valence-electron chi connectivity index (χ1n) is 4.97. The summed E-state index contributed by atoms with van der Waals surface area (Å²) in [5.41, 5.74) is 1.02. The van der Waals surface area contributed by atoms with Crippen LogP contribution in [0.25, 0.3) is 0 Å². The summed E-state index contributed by atoms with van der Waals surface area (Å²) >= 11 is 11.7. The van der Waals surface area contributed by atoms with Crippen LogP contribution in [0.2, 0.25) is 10.0 Å². The Kier molecular flexibility index (Phi) is 3.47. The average molecular weight is 290 g/mol. The Morgan fingerprint density at radius 1 is 1.44 bits per heavy atom. The zero-order valence-electron chi connectivity index (χ0n) is 9.31. The first-order valence-corrected chi connectivity index (χ1v) is 5.72. The summed E-state index contributed by atoms with van der Waals surface area (Å²) in [6.07, 6.45) is -0.0183. The summed E-state index contributed by atoms with van der Waals surface area (Å²) in [4.78, 5) is 16.0. The van der Waals surface area contributed by atoms with Crippen molar-refractivity contribution in [3.63, 3.8) is 0 Å². The van der Waals surface area contributed by atoms with E-state index in [0.29, 0.717) is 21.3 Å². The SMILES string of the molecule is COC1(C(=O)O)CC(c2cc(Cl)cc(Cl)c2)=NO1. The first-order chi connectivity index (χ1) is 8.47. The van der Waals surface area contributed by atoms with Gasteiger partial charge in [-0.05, 0) is 18.2 Å². The molecule has 0 aromatic heterocycles. The topological polar surface area (TPSA) is 68.1 Å². The number of methoxy groups -OCH3 is 1. The number of aliphatic carboxylic acids is 1. The normalized spacial score (nSPS) is 22.5. The Bertz CT molecular complexity index is 512. The molecule has 0 radical (unpaired) electrons. The summed E-state index contributed by atoms with van der Waals surface area (Å²) in [7, 11) is 1.25. The number of halogens is 2. The molecule has 2 rings (SSSR count). The second-order valence-corrected chi connectivity index (χ2v) is 4.60. The fourth-order valence-electron chi connectivity index (χ4n) is 1.60. The van der Waals surface area contributed by atoms with Gasteiger partial charge in [-0.1, -0.05) is 28.4 Å². The fraction of sp³-hybridized carbons (Fsp3) is 0.273. The number of oxime groups is 1. The van der Waals surface area contributed by atoms with Gasteiger partial charge in [0, 0.05) is 22.7 Å². The van der Waals surface area contributed by atoms with E-state index in [1.807, 2.05) is 0 Å². The van der Waals surface area contributed by atoms with E-state index in [-0.39, 0.29) is 6.42 Å². The molecule has 1 heterocycles. The van der Waals surface area contributed by atoms with E-state index < -0.39 is 11.8 Å². The minimum absolute atomic E-state index is 0.0183. The van der Waals surface area contributed by atoms with E-state index >= 15 is 0 Å². The minimum Gasteiger partial charge on any atom is -0.476 e. The third-order valence-corrected chi connectivity index (χ3v) is 2.99. The van der Waals surface area contributed by atoms with Crippen LogP contribution in [0.3, 0.4) is 0 Å². The summed E-state index contributed by atoms with van der Waals surface area (Å²) in [6, 6.07) is 4.83. The van der Waals surface area contributed by atoms with Gasteiger partial charge in [0.15, 0.2) is 0 Å². The van der Waals surface area contributed by atoms with Gasteiger partial charge in [-0.15, -0.1) is 0 Å². The first kappa shape index (κ1) is 13.1. The molecule has 7 heteroatoms. The van der Waals surface area contributed by atoms with E-state index in [9.17, 15) is 4.79 Å². The second-order valence-electron chi connectivity index (χ2n) is 3.73. The number of ether oxygens (including phenoxy) is 1. The van der Waals surface area contributed by atoms with E-state index in [1.165, 1.54) is 7.11 Å². The molecular formula is C11H9Cl2NO4. The Morgan fingerprint density at radius 2 is 2.06 bits per heavy atom. The smallest absolute Gasteiger partial charge is 0.380 e. The van der Waals surface area contributed by atoms with Gasteiger partial charge in [-0.25, -0.2) is 4.79 Å². The Balaban J connectivity index is 2.30. The lowest BCUT2D eigenvalue weighted by Gasteiger charge is -2.18. The predicted molar refractivity (Wildman–Crippen MR) is 66.1 cm³/mol. The monoisotopic (exact) mass is 289 g/mol. The van der Waals surface area contributed by atoms with E-state index in [2.05, 4.69) is 5.16 Å². The molecule has 0 fully saturated rings. The highest BCUT2D eigenvalue weighted by Gasteiger charge is 2.47. The number of carboxylic acids is 1. The molecule has 1 aromatic carbocycles. The highest BCUT2D eigenvalue weighted by atomic mass is 35.5. The van der Waals surface area contributed by atoms with Crippen LogP contribution in [0.4, 0.5) is 0 Å². The highest BCUT2D eigenvalue weighted by Crippen LogP contribution is 2.30. The van der Waals surface area contributed by atoms with Gasteiger partial charge in [-0.3, -0.25) is 0 Å². The molecule has 0 saturated heterocycles. The van der Waals surface area contributed by atoms with E-state index in [1.54, 1.807) is 18.2 Å². The third kappa shape index (κ3) is 2.29. The van der Waals surface area contributed by atoms with Crippen LogP contribution >= 0.6 is 23.2 Å². The van der Waals surface area contributed by atoms with Crippen LogP contribution < -0.4 is 0 Å². The number of benzene rings is 1. The molecule has 96 valence electrons. The van der Waals surface area contributed by atoms with Gasteiger partial charge in [0.1, 0.15) is 0 Å². The molecule has 1 unspecified atom stereocenters. The van der Waals surface area contributed by atoms with Crippen molar-refractivity contribution >= 4 is 34.9 Å². The molecule has 0 bridgehead atoms. The van der Waals surface area contributed by atoms with Crippen molar-refractivity contribution in [2.45, 2.75) is 12.2 Å². The van der Waals surface area contributed by atoms with Crippen molar-refractivity contribution in [1.82, 2.24) is 0 Å². The van der Waals surface area contributed by atoms with Gasteiger partial charge in [0.2, 0.25) is 0 Å². The van der Waals surface area contributed by atoms with Crippen molar-refractivity contribution in [3.05, 3.63) is 33.8 Å². The molecule has 1 aliphatic rings. The molecule has 0 amide bonds. The number of carbonyl (C=O) groups is 1. The standard InChI is InChI=1S/C11H9Cl2NO4/c1-17-11(10(15)16)5-9(14-18-11)6-2-7(12)4-8(13)3-6/h2-4H,5H2,1H3,(H,15,16). The maximum atomic E-state index is 11.1. The van der Waals surface area contributed by atoms with E-state index in [4.69, 9.17) is 37.9 Å². The van der Waals surface area contributed by atoms with Crippen LogP contribution in [0.1, 0.15) is 12.0 Å². The largest absolute Gasteiger partial charge is 0.476 e. The zero-order chi connectivity index (χ0) is 13.3. The van der Waals surface area contributed by atoms with Crippen molar-refractivity contribution in [1.29, 1.82) is 0 Å².